The van der Waals surface area contributed by atoms with Gasteiger partial charge in [-0.15, -0.1) is 0 Å². The first-order chi connectivity index (χ1) is 8.97. The molecule has 0 saturated carbocycles. The molecule has 2 amide bonds. The number of urea groups is 1. The minimum absolute atomic E-state index is 0.0475. The van der Waals surface area contributed by atoms with Gasteiger partial charge in [-0.1, -0.05) is 38.1 Å². The number of hydrogen-bond acceptors (Lipinski definition) is 1. The molecule has 1 aromatic rings. The van der Waals surface area contributed by atoms with Crippen LogP contribution in [-0.2, 0) is 6.42 Å². The van der Waals surface area contributed by atoms with Gasteiger partial charge in [-0.25, -0.2) is 4.79 Å². The van der Waals surface area contributed by atoms with Gasteiger partial charge in [-0.05, 0) is 37.3 Å². The number of hydrogen-bond donors (Lipinski definition) is 1. The van der Waals surface area contributed by atoms with E-state index in [-0.39, 0.29) is 18.1 Å². The second-order valence-electron chi connectivity index (χ2n) is 6.09. The second kappa shape index (κ2) is 5.64. The molecular weight excluding hydrogens is 236 g/mol. The summed E-state index contributed by atoms with van der Waals surface area (Å²) in [7, 11) is 0. The van der Waals surface area contributed by atoms with Crippen molar-refractivity contribution in [2.75, 3.05) is 6.54 Å². The van der Waals surface area contributed by atoms with E-state index in [0.29, 0.717) is 5.92 Å². The normalized spacial score (nSPS) is 19.4. The molecule has 1 saturated heterocycles. The van der Waals surface area contributed by atoms with Crippen LogP contribution >= 0.6 is 0 Å². The predicted molar refractivity (Wildman–Crippen MR) is 78.1 cm³/mol. The molecule has 1 N–H and O–H groups in total. The monoisotopic (exact) mass is 260 g/mol. The molecule has 1 heterocycles. The average Bonchev–Trinajstić information content (AvgIpc) is 2.71. The van der Waals surface area contributed by atoms with Crippen molar-refractivity contribution in [3.63, 3.8) is 0 Å². The third kappa shape index (κ3) is 3.28. The fraction of sp³-hybridized carbons (Fsp3) is 0.562. The first-order valence-corrected chi connectivity index (χ1v) is 7.13. The maximum atomic E-state index is 11.8. The third-order valence-corrected chi connectivity index (χ3v) is 3.59. The van der Waals surface area contributed by atoms with Crippen molar-refractivity contribution < 1.29 is 4.79 Å². The van der Waals surface area contributed by atoms with Gasteiger partial charge in [0.05, 0.1) is 6.04 Å². The van der Waals surface area contributed by atoms with Gasteiger partial charge < -0.3 is 10.2 Å². The molecule has 2 rings (SSSR count). The summed E-state index contributed by atoms with van der Waals surface area (Å²) in [5.41, 5.74) is 2.56. The van der Waals surface area contributed by atoms with Gasteiger partial charge in [0, 0.05) is 12.6 Å². The van der Waals surface area contributed by atoms with Gasteiger partial charge in [0.1, 0.15) is 0 Å². The highest BCUT2D eigenvalue weighted by atomic mass is 16.2. The zero-order valence-corrected chi connectivity index (χ0v) is 12.3. The molecular formula is C16H24N2O. The fourth-order valence-electron chi connectivity index (χ4n) is 2.55. The fourth-order valence-corrected chi connectivity index (χ4v) is 2.55. The maximum Gasteiger partial charge on any atom is 0.318 e. The van der Waals surface area contributed by atoms with Crippen LogP contribution < -0.4 is 5.32 Å². The van der Waals surface area contributed by atoms with Crippen LogP contribution in [0, 0.1) is 5.92 Å². The average molecular weight is 260 g/mol. The lowest BCUT2D eigenvalue weighted by atomic mass is 9.99. The Kier molecular flexibility index (Phi) is 4.13. The Morgan fingerprint density at radius 3 is 2.32 bits per heavy atom. The van der Waals surface area contributed by atoms with E-state index in [2.05, 4.69) is 43.4 Å². The molecule has 0 bridgehead atoms. The molecule has 1 atom stereocenters. The summed E-state index contributed by atoms with van der Waals surface area (Å²) in [4.78, 5) is 13.7. The van der Waals surface area contributed by atoms with Crippen LogP contribution in [0.2, 0.25) is 0 Å². The van der Waals surface area contributed by atoms with Crippen LogP contribution in [0.15, 0.2) is 24.3 Å². The molecule has 104 valence electrons. The molecule has 19 heavy (non-hydrogen) atoms. The summed E-state index contributed by atoms with van der Waals surface area (Å²) >= 11 is 0. The van der Waals surface area contributed by atoms with Crippen molar-refractivity contribution >= 4 is 6.03 Å². The van der Waals surface area contributed by atoms with E-state index < -0.39 is 0 Å². The molecule has 1 unspecified atom stereocenters. The first-order valence-electron chi connectivity index (χ1n) is 7.13. The lowest BCUT2D eigenvalue weighted by molar-refractivity contribution is 0.206. The lowest BCUT2D eigenvalue weighted by Crippen LogP contribution is -2.33. The molecule has 1 aromatic carbocycles. The van der Waals surface area contributed by atoms with E-state index in [1.54, 1.807) is 0 Å². The topological polar surface area (TPSA) is 32.3 Å². The van der Waals surface area contributed by atoms with E-state index in [1.165, 1.54) is 11.1 Å². The van der Waals surface area contributed by atoms with Gasteiger partial charge in [0.25, 0.3) is 0 Å². The van der Waals surface area contributed by atoms with Crippen LogP contribution in [0.5, 0.6) is 0 Å². The van der Waals surface area contributed by atoms with Crippen molar-refractivity contribution in [2.24, 2.45) is 5.92 Å². The van der Waals surface area contributed by atoms with Crippen molar-refractivity contribution in [1.82, 2.24) is 10.2 Å². The van der Waals surface area contributed by atoms with Crippen LogP contribution in [0.25, 0.3) is 0 Å². The number of nitrogens with zero attached hydrogens (tertiary/aromatic N) is 1. The maximum absolute atomic E-state index is 11.8. The largest absolute Gasteiger partial charge is 0.329 e. The number of benzene rings is 1. The van der Waals surface area contributed by atoms with E-state index in [1.807, 2.05) is 18.7 Å². The standard InChI is InChI=1S/C16H24N2O/c1-11(2)9-13-5-7-14(8-6-13)15-10-18(12(3)4)16(19)17-15/h5-8,11-12,15H,9-10H2,1-4H3,(H,17,19). The van der Waals surface area contributed by atoms with Crippen LogP contribution in [-0.4, -0.2) is 23.5 Å². The SMILES string of the molecule is CC(C)Cc1ccc(C2CN(C(C)C)C(=O)N2)cc1. The van der Waals surface area contributed by atoms with Gasteiger partial charge in [0.2, 0.25) is 0 Å². The molecule has 3 nitrogen and oxygen atoms in total. The summed E-state index contributed by atoms with van der Waals surface area (Å²) < 4.78 is 0. The molecule has 0 spiro atoms. The number of amides is 2. The van der Waals surface area contributed by atoms with Gasteiger partial charge in [-0.2, -0.15) is 0 Å². The summed E-state index contributed by atoms with van der Waals surface area (Å²) in [6.45, 7) is 9.32. The van der Waals surface area contributed by atoms with E-state index >= 15 is 0 Å². The third-order valence-electron chi connectivity index (χ3n) is 3.59. The van der Waals surface area contributed by atoms with Crippen LogP contribution in [0.4, 0.5) is 4.79 Å². The summed E-state index contributed by atoms with van der Waals surface area (Å²) in [5.74, 6) is 0.675. The number of nitrogens with one attached hydrogen (secondary N) is 1. The zero-order valence-electron chi connectivity index (χ0n) is 12.3. The Bertz CT molecular complexity index is 437. The van der Waals surface area contributed by atoms with Gasteiger partial charge >= 0.3 is 6.03 Å². The Morgan fingerprint density at radius 1 is 1.21 bits per heavy atom. The van der Waals surface area contributed by atoms with E-state index in [9.17, 15) is 4.79 Å². The molecule has 0 aromatic heterocycles. The highest BCUT2D eigenvalue weighted by Gasteiger charge is 2.30. The first kappa shape index (κ1) is 13.9. The number of rotatable bonds is 4. The van der Waals surface area contributed by atoms with Crippen molar-refractivity contribution in [2.45, 2.75) is 46.2 Å². The minimum atomic E-state index is 0.0475. The van der Waals surface area contributed by atoms with Gasteiger partial charge in [-0.3, -0.25) is 0 Å². The Morgan fingerprint density at radius 2 is 1.84 bits per heavy atom. The number of carbonyl (C=O) groups excluding carboxylic acids is 1. The van der Waals surface area contributed by atoms with E-state index in [0.717, 1.165) is 13.0 Å². The molecule has 1 fully saturated rings. The van der Waals surface area contributed by atoms with Crippen LogP contribution in [0.1, 0.15) is 44.9 Å². The van der Waals surface area contributed by atoms with E-state index in [4.69, 9.17) is 0 Å². The molecule has 1 aliphatic rings. The molecule has 0 aliphatic carbocycles. The Hall–Kier alpha value is -1.51. The molecule has 1 aliphatic heterocycles. The predicted octanol–water partition coefficient (Wildman–Crippen LogP) is 3.36. The highest BCUT2D eigenvalue weighted by Crippen LogP contribution is 2.22. The van der Waals surface area contributed by atoms with Crippen LogP contribution in [0.3, 0.4) is 0 Å². The smallest absolute Gasteiger partial charge is 0.318 e. The summed E-state index contributed by atoms with van der Waals surface area (Å²) in [5, 5.41) is 3.05. The summed E-state index contributed by atoms with van der Waals surface area (Å²) in [6.07, 6.45) is 1.11. The highest BCUT2D eigenvalue weighted by molar-refractivity contribution is 5.77. The molecule has 0 radical (unpaired) electrons. The zero-order chi connectivity index (χ0) is 14.0. The number of carbonyl (C=O) groups is 1. The Labute approximate surface area is 116 Å². The lowest BCUT2D eigenvalue weighted by Gasteiger charge is -2.19. The Balaban J connectivity index is 2.05. The summed E-state index contributed by atoms with van der Waals surface area (Å²) in [6, 6.07) is 9.08. The quantitative estimate of drug-likeness (QED) is 0.884. The van der Waals surface area contributed by atoms with Crippen molar-refractivity contribution in [3.8, 4) is 0 Å². The second-order valence-corrected chi connectivity index (χ2v) is 6.09. The van der Waals surface area contributed by atoms with Crippen molar-refractivity contribution in [3.05, 3.63) is 35.4 Å². The minimum Gasteiger partial charge on any atom is -0.329 e. The molecule has 3 heteroatoms. The van der Waals surface area contributed by atoms with Gasteiger partial charge in [0.15, 0.2) is 0 Å². The van der Waals surface area contributed by atoms with Crippen molar-refractivity contribution in [1.29, 1.82) is 0 Å².